The number of benzene rings is 3. The van der Waals surface area contributed by atoms with Crippen molar-refractivity contribution in [3.8, 4) is 0 Å². The Morgan fingerprint density at radius 3 is 1.95 bits per heavy atom. The fraction of sp³-hybridized carbons (Fsp3) is 0.355. The number of amides is 2. The van der Waals surface area contributed by atoms with Crippen LogP contribution in [0.5, 0.6) is 0 Å². The molecule has 3 aromatic carbocycles. The Bertz CT molecular complexity index is 1610. The summed E-state index contributed by atoms with van der Waals surface area (Å²) >= 11 is 0. The molecule has 2 amide bonds. The predicted octanol–water partition coefficient (Wildman–Crippen LogP) is 2.24. The average Bonchev–Trinajstić information content (AvgIpc) is 2.92. The van der Waals surface area contributed by atoms with Crippen LogP contribution in [0.25, 0.3) is 0 Å². The number of hydrogen-bond acceptors (Lipinski definition) is 7. The summed E-state index contributed by atoms with van der Waals surface area (Å²) in [6.07, 6.45) is -0.255. The number of nitrogens with one attached hydrogen (secondary N) is 3. The SMILES string of the molecule is CC(C)(C)NC(=O)c1ccccc1C[C@@H](O)[C@H](Cc1ccccc1)NC(=O)[C@@H](CS(=O)(=O)c1ccccc1)NS(C)(=O)=O. The highest BCUT2D eigenvalue weighted by Crippen LogP contribution is 2.17. The lowest BCUT2D eigenvalue weighted by Gasteiger charge is -2.28. The monoisotopic (exact) mass is 629 g/mol. The van der Waals surface area contributed by atoms with E-state index in [-0.39, 0.29) is 23.6 Å². The first-order chi connectivity index (χ1) is 20.0. The summed E-state index contributed by atoms with van der Waals surface area (Å²) in [7, 11) is -8.06. The van der Waals surface area contributed by atoms with Crippen LogP contribution >= 0.6 is 0 Å². The second-order valence-electron chi connectivity index (χ2n) is 11.5. The number of carbonyl (C=O) groups is 2. The topological polar surface area (TPSA) is 159 Å². The second-order valence-corrected chi connectivity index (χ2v) is 15.3. The maximum absolute atomic E-state index is 13.5. The normalized spacial score (nSPS) is 14.3. The number of aliphatic hydroxyl groups excluding tert-OH is 1. The van der Waals surface area contributed by atoms with Gasteiger partial charge in [-0.3, -0.25) is 9.59 Å². The van der Waals surface area contributed by atoms with Gasteiger partial charge in [0.15, 0.2) is 9.84 Å². The third-order valence-corrected chi connectivity index (χ3v) is 8.91. The largest absolute Gasteiger partial charge is 0.391 e. The van der Waals surface area contributed by atoms with Gasteiger partial charge in [-0.05, 0) is 56.5 Å². The number of carbonyl (C=O) groups excluding carboxylic acids is 2. The summed E-state index contributed by atoms with van der Waals surface area (Å²) in [5.41, 5.74) is 1.19. The summed E-state index contributed by atoms with van der Waals surface area (Å²) in [4.78, 5) is 26.5. The van der Waals surface area contributed by atoms with Crippen molar-refractivity contribution >= 4 is 31.7 Å². The third-order valence-electron chi connectivity index (χ3n) is 6.43. The summed E-state index contributed by atoms with van der Waals surface area (Å²) in [5, 5.41) is 17.0. The Labute approximate surface area is 253 Å². The Morgan fingerprint density at radius 2 is 1.37 bits per heavy atom. The van der Waals surface area contributed by atoms with Crippen molar-refractivity contribution in [3.05, 3.63) is 102 Å². The first-order valence-electron chi connectivity index (χ1n) is 13.7. The molecule has 3 aromatic rings. The Kier molecular flexibility index (Phi) is 11.2. The van der Waals surface area contributed by atoms with Gasteiger partial charge in [0.2, 0.25) is 15.9 Å². The van der Waals surface area contributed by atoms with Gasteiger partial charge in [0.05, 0.1) is 29.0 Å². The molecule has 0 saturated carbocycles. The van der Waals surface area contributed by atoms with Crippen LogP contribution in [0.1, 0.15) is 42.3 Å². The fourth-order valence-corrected chi connectivity index (χ4v) is 6.75. The first kappa shape index (κ1) is 33.9. The van der Waals surface area contributed by atoms with Crippen LogP contribution in [-0.2, 0) is 37.5 Å². The van der Waals surface area contributed by atoms with Crippen molar-refractivity contribution in [3.63, 3.8) is 0 Å². The molecule has 0 saturated heterocycles. The highest BCUT2D eigenvalue weighted by atomic mass is 32.2. The molecule has 0 fully saturated rings. The summed E-state index contributed by atoms with van der Waals surface area (Å²) in [6.45, 7) is 5.56. The minimum atomic E-state index is -4.07. The molecule has 0 unspecified atom stereocenters. The lowest BCUT2D eigenvalue weighted by Crippen LogP contribution is -2.55. The van der Waals surface area contributed by atoms with E-state index in [0.29, 0.717) is 11.1 Å². The van der Waals surface area contributed by atoms with Crippen LogP contribution in [0.2, 0.25) is 0 Å². The molecule has 0 aliphatic heterocycles. The van der Waals surface area contributed by atoms with E-state index in [1.165, 1.54) is 24.3 Å². The molecular weight excluding hydrogens is 590 g/mol. The van der Waals surface area contributed by atoms with E-state index >= 15 is 0 Å². The zero-order chi connectivity index (χ0) is 31.8. The molecular formula is C31H39N3O7S2. The Morgan fingerprint density at radius 1 is 0.814 bits per heavy atom. The first-order valence-corrected chi connectivity index (χ1v) is 17.3. The van der Waals surface area contributed by atoms with Gasteiger partial charge in [-0.15, -0.1) is 0 Å². The van der Waals surface area contributed by atoms with Crippen LogP contribution in [0.15, 0.2) is 89.8 Å². The predicted molar refractivity (Wildman–Crippen MR) is 166 cm³/mol. The van der Waals surface area contributed by atoms with Crippen LogP contribution in [0.4, 0.5) is 0 Å². The number of aliphatic hydroxyl groups is 1. The molecule has 0 aliphatic rings. The summed E-state index contributed by atoms with van der Waals surface area (Å²) < 4.78 is 52.6. The van der Waals surface area contributed by atoms with Gasteiger partial charge in [-0.2, -0.15) is 0 Å². The van der Waals surface area contributed by atoms with Crippen molar-refractivity contribution in [2.24, 2.45) is 0 Å². The van der Waals surface area contributed by atoms with E-state index in [9.17, 15) is 31.5 Å². The third kappa shape index (κ3) is 10.9. The van der Waals surface area contributed by atoms with Gasteiger partial charge in [0, 0.05) is 17.5 Å². The maximum Gasteiger partial charge on any atom is 0.251 e. The van der Waals surface area contributed by atoms with Crippen molar-refractivity contribution < 1.29 is 31.5 Å². The van der Waals surface area contributed by atoms with Crippen molar-refractivity contribution in [1.29, 1.82) is 0 Å². The molecule has 0 bridgehead atoms. The van der Waals surface area contributed by atoms with Crippen LogP contribution in [0, 0.1) is 0 Å². The average molecular weight is 630 g/mol. The zero-order valence-corrected chi connectivity index (χ0v) is 26.3. The van der Waals surface area contributed by atoms with Gasteiger partial charge in [0.1, 0.15) is 6.04 Å². The molecule has 0 aromatic heterocycles. The Hall–Kier alpha value is -3.58. The van der Waals surface area contributed by atoms with Crippen LogP contribution in [-0.4, -0.2) is 69.5 Å². The van der Waals surface area contributed by atoms with Gasteiger partial charge in [-0.1, -0.05) is 66.7 Å². The minimum Gasteiger partial charge on any atom is -0.391 e. The molecule has 0 aliphatic carbocycles. The van der Waals surface area contributed by atoms with E-state index in [0.717, 1.165) is 11.8 Å². The molecule has 0 heterocycles. The number of hydrogen-bond donors (Lipinski definition) is 4. The molecule has 3 atom stereocenters. The fourth-order valence-electron chi connectivity index (χ4n) is 4.50. The van der Waals surface area contributed by atoms with Gasteiger partial charge in [-0.25, -0.2) is 21.6 Å². The maximum atomic E-state index is 13.5. The smallest absolute Gasteiger partial charge is 0.251 e. The van der Waals surface area contributed by atoms with Crippen LogP contribution in [0.3, 0.4) is 0 Å². The molecule has 232 valence electrons. The van der Waals surface area contributed by atoms with Crippen molar-refractivity contribution in [2.45, 2.75) is 62.2 Å². The molecule has 12 heteroatoms. The summed E-state index contributed by atoms with van der Waals surface area (Å²) in [5.74, 6) is -2.06. The number of rotatable bonds is 13. The van der Waals surface area contributed by atoms with Crippen LogP contribution < -0.4 is 15.4 Å². The van der Waals surface area contributed by atoms with E-state index in [2.05, 4.69) is 15.4 Å². The summed E-state index contributed by atoms with van der Waals surface area (Å²) in [6, 6.07) is 20.6. The van der Waals surface area contributed by atoms with E-state index in [4.69, 9.17) is 0 Å². The quantitative estimate of drug-likeness (QED) is 0.226. The van der Waals surface area contributed by atoms with Gasteiger partial charge >= 0.3 is 0 Å². The van der Waals surface area contributed by atoms with E-state index in [1.807, 2.05) is 39.0 Å². The zero-order valence-electron chi connectivity index (χ0n) is 24.6. The van der Waals surface area contributed by atoms with Crippen molar-refractivity contribution in [1.82, 2.24) is 15.4 Å². The highest BCUT2D eigenvalue weighted by molar-refractivity contribution is 7.91. The number of sulfonamides is 1. The second kappa shape index (κ2) is 14.3. The van der Waals surface area contributed by atoms with E-state index in [1.54, 1.807) is 42.5 Å². The molecule has 4 N–H and O–H groups in total. The molecule has 0 radical (unpaired) electrons. The lowest BCUT2D eigenvalue weighted by molar-refractivity contribution is -0.123. The Balaban J connectivity index is 1.91. The standard InChI is InChI=1S/C31H39N3O7S2/c1-31(2,3)33-29(36)25-18-12-11-15-23(25)20-28(35)26(19-22-13-7-5-8-14-22)32-30(37)27(34-42(4,38)39)21-43(40,41)24-16-9-6-10-17-24/h5-18,26-28,34-35H,19-21H2,1-4H3,(H,32,37)(H,33,36)/t26-,27+,28+/m0/s1. The number of sulfone groups is 1. The molecule has 43 heavy (non-hydrogen) atoms. The molecule has 3 rings (SSSR count). The van der Waals surface area contributed by atoms with Gasteiger partial charge < -0.3 is 15.7 Å². The molecule has 0 spiro atoms. The van der Waals surface area contributed by atoms with Crippen molar-refractivity contribution in [2.75, 3.05) is 12.0 Å². The highest BCUT2D eigenvalue weighted by Gasteiger charge is 2.32. The molecule has 10 nitrogen and oxygen atoms in total. The lowest BCUT2D eigenvalue weighted by atomic mass is 9.93. The van der Waals surface area contributed by atoms with Gasteiger partial charge in [0.25, 0.3) is 5.91 Å². The minimum absolute atomic E-state index is 0.0159. The van der Waals surface area contributed by atoms with E-state index < -0.39 is 55.2 Å².